The van der Waals surface area contributed by atoms with Crippen LogP contribution in [-0.4, -0.2) is 29.3 Å². The van der Waals surface area contributed by atoms with Crippen LogP contribution in [0.15, 0.2) is 47.6 Å². The van der Waals surface area contributed by atoms with Gasteiger partial charge in [-0.25, -0.2) is 18.7 Å². The number of hydrogen-bond donors (Lipinski definition) is 0. The van der Waals surface area contributed by atoms with E-state index in [4.69, 9.17) is 0 Å². The first-order chi connectivity index (χ1) is 13.1. The standard InChI is InChI=1S/C21H21F2N3S/c1-27-18-2-3-20-19(12-18)21(25-13-24-20)26-6-4-14(5-7-26)8-15-9-16(22)11-17(23)10-15/h2-3,9-14H,4-8H2,1H3. The number of piperidine rings is 1. The summed E-state index contributed by atoms with van der Waals surface area (Å²) in [5, 5.41) is 1.08. The average molecular weight is 385 g/mol. The van der Waals surface area contributed by atoms with E-state index in [1.165, 1.54) is 17.0 Å². The van der Waals surface area contributed by atoms with Crippen molar-refractivity contribution >= 4 is 28.5 Å². The molecule has 1 saturated heterocycles. The van der Waals surface area contributed by atoms with E-state index in [1.54, 1.807) is 18.1 Å². The normalized spacial score (nSPS) is 15.4. The Labute approximate surface area is 161 Å². The minimum Gasteiger partial charge on any atom is -0.356 e. The molecule has 3 nitrogen and oxygen atoms in total. The van der Waals surface area contributed by atoms with Crippen LogP contribution in [0.1, 0.15) is 18.4 Å². The lowest BCUT2D eigenvalue weighted by Crippen LogP contribution is -2.35. The summed E-state index contributed by atoms with van der Waals surface area (Å²) in [5.74, 6) is 0.405. The topological polar surface area (TPSA) is 29.0 Å². The highest BCUT2D eigenvalue weighted by Crippen LogP contribution is 2.31. The zero-order valence-corrected chi connectivity index (χ0v) is 16.0. The van der Waals surface area contributed by atoms with Crippen molar-refractivity contribution in [3.63, 3.8) is 0 Å². The lowest BCUT2D eigenvalue weighted by atomic mass is 9.90. The molecule has 140 valence electrons. The van der Waals surface area contributed by atoms with Gasteiger partial charge in [0.25, 0.3) is 0 Å². The Balaban J connectivity index is 1.48. The molecule has 0 amide bonds. The SMILES string of the molecule is CSc1ccc2ncnc(N3CCC(Cc4cc(F)cc(F)c4)CC3)c2c1. The molecule has 1 aromatic heterocycles. The van der Waals surface area contributed by atoms with Crippen LogP contribution in [0.4, 0.5) is 14.6 Å². The van der Waals surface area contributed by atoms with Gasteiger partial charge in [-0.3, -0.25) is 0 Å². The lowest BCUT2D eigenvalue weighted by Gasteiger charge is -2.33. The highest BCUT2D eigenvalue weighted by atomic mass is 32.2. The second kappa shape index (κ2) is 7.80. The zero-order valence-electron chi connectivity index (χ0n) is 15.2. The van der Waals surface area contributed by atoms with Gasteiger partial charge in [0.15, 0.2) is 0 Å². The molecule has 0 atom stereocenters. The summed E-state index contributed by atoms with van der Waals surface area (Å²) in [6.07, 6.45) is 6.35. The van der Waals surface area contributed by atoms with Crippen LogP contribution in [0.25, 0.3) is 10.9 Å². The van der Waals surface area contributed by atoms with Crippen LogP contribution in [-0.2, 0) is 6.42 Å². The van der Waals surface area contributed by atoms with E-state index < -0.39 is 11.6 Å². The van der Waals surface area contributed by atoms with Crippen molar-refractivity contribution in [3.05, 3.63) is 59.9 Å². The number of thioether (sulfide) groups is 1. The molecular weight excluding hydrogens is 364 g/mol. The lowest BCUT2D eigenvalue weighted by molar-refractivity contribution is 0.401. The van der Waals surface area contributed by atoms with Crippen molar-refractivity contribution in [1.82, 2.24) is 9.97 Å². The Hall–Kier alpha value is -2.21. The van der Waals surface area contributed by atoms with Crippen LogP contribution >= 0.6 is 11.8 Å². The number of halogens is 2. The predicted octanol–water partition coefficient (Wildman–Crippen LogP) is 5.09. The molecule has 2 heterocycles. The highest BCUT2D eigenvalue weighted by molar-refractivity contribution is 7.98. The van der Waals surface area contributed by atoms with E-state index in [1.807, 2.05) is 6.07 Å². The van der Waals surface area contributed by atoms with Gasteiger partial charge in [0.05, 0.1) is 5.52 Å². The average Bonchev–Trinajstić information content (AvgIpc) is 2.67. The molecule has 1 aliphatic heterocycles. The minimum atomic E-state index is -0.500. The van der Waals surface area contributed by atoms with Gasteiger partial charge in [0.2, 0.25) is 0 Å². The fourth-order valence-electron chi connectivity index (χ4n) is 3.81. The molecule has 3 aromatic rings. The Morgan fingerprint density at radius 3 is 2.48 bits per heavy atom. The Kier molecular flexibility index (Phi) is 5.25. The number of fused-ring (bicyclic) bond motifs is 1. The molecule has 0 bridgehead atoms. The summed E-state index contributed by atoms with van der Waals surface area (Å²) in [6.45, 7) is 1.77. The number of hydrogen-bond acceptors (Lipinski definition) is 4. The summed E-state index contributed by atoms with van der Waals surface area (Å²) in [4.78, 5) is 12.4. The summed E-state index contributed by atoms with van der Waals surface area (Å²) in [7, 11) is 0. The van der Waals surface area contributed by atoms with E-state index in [0.29, 0.717) is 12.3 Å². The smallest absolute Gasteiger partial charge is 0.139 e. The van der Waals surface area contributed by atoms with Crippen LogP contribution < -0.4 is 4.90 Å². The maximum atomic E-state index is 13.4. The van der Waals surface area contributed by atoms with Crippen molar-refractivity contribution in [2.75, 3.05) is 24.2 Å². The third-order valence-electron chi connectivity index (χ3n) is 5.18. The third-order valence-corrected chi connectivity index (χ3v) is 5.91. The summed E-state index contributed by atoms with van der Waals surface area (Å²) >= 11 is 1.71. The van der Waals surface area contributed by atoms with Crippen molar-refractivity contribution in [3.8, 4) is 0 Å². The maximum Gasteiger partial charge on any atom is 0.139 e. The summed E-state index contributed by atoms with van der Waals surface area (Å²) < 4.78 is 26.8. The molecule has 0 radical (unpaired) electrons. The van der Waals surface area contributed by atoms with Gasteiger partial charge in [0, 0.05) is 29.4 Å². The first kappa shape index (κ1) is 18.2. The van der Waals surface area contributed by atoms with Gasteiger partial charge in [-0.1, -0.05) is 0 Å². The van der Waals surface area contributed by atoms with Gasteiger partial charge >= 0.3 is 0 Å². The van der Waals surface area contributed by atoms with E-state index in [0.717, 1.165) is 54.3 Å². The molecule has 2 aromatic carbocycles. The Morgan fingerprint density at radius 1 is 1.04 bits per heavy atom. The predicted molar refractivity (Wildman–Crippen MR) is 106 cm³/mol. The first-order valence-electron chi connectivity index (χ1n) is 9.11. The van der Waals surface area contributed by atoms with Crippen LogP contribution in [0.5, 0.6) is 0 Å². The largest absolute Gasteiger partial charge is 0.356 e. The van der Waals surface area contributed by atoms with Gasteiger partial charge in [-0.15, -0.1) is 11.8 Å². The summed E-state index contributed by atoms with van der Waals surface area (Å²) in [6, 6.07) is 10.1. The van der Waals surface area contributed by atoms with E-state index in [2.05, 4.69) is 33.3 Å². The van der Waals surface area contributed by atoms with E-state index >= 15 is 0 Å². The molecule has 1 fully saturated rings. The van der Waals surface area contributed by atoms with Crippen LogP contribution in [0.2, 0.25) is 0 Å². The number of anilines is 1. The number of benzene rings is 2. The van der Waals surface area contributed by atoms with Gasteiger partial charge in [0.1, 0.15) is 23.8 Å². The molecule has 0 saturated carbocycles. The van der Waals surface area contributed by atoms with Gasteiger partial charge < -0.3 is 4.90 Å². The number of aromatic nitrogens is 2. The third kappa shape index (κ3) is 4.05. The molecular formula is C21H21F2N3S. The second-order valence-corrected chi connectivity index (χ2v) is 7.87. The quantitative estimate of drug-likeness (QED) is 0.585. The minimum absolute atomic E-state index is 0.428. The maximum absolute atomic E-state index is 13.4. The molecule has 0 unspecified atom stereocenters. The fraction of sp³-hybridized carbons (Fsp3) is 0.333. The molecule has 1 aliphatic rings. The van der Waals surface area contributed by atoms with Gasteiger partial charge in [-0.05, 0) is 67.3 Å². The molecule has 0 spiro atoms. The van der Waals surface area contributed by atoms with Crippen molar-refractivity contribution in [2.24, 2.45) is 5.92 Å². The van der Waals surface area contributed by atoms with Crippen LogP contribution in [0, 0.1) is 17.6 Å². The second-order valence-electron chi connectivity index (χ2n) is 6.99. The fourth-order valence-corrected chi connectivity index (χ4v) is 4.25. The summed E-state index contributed by atoms with van der Waals surface area (Å²) in [5.41, 5.74) is 1.69. The van der Waals surface area contributed by atoms with Crippen LogP contribution in [0.3, 0.4) is 0 Å². The van der Waals surface area contributed by atoms with Crippen molar-refractivity contribution in [1.29, 1.82) is 0 Å². The monoisotopic (exact) mass is 385 g/mol. The zero-order chi connectivity index (χ0) is 18.8. The molecule has 0 N–H and O–H groups in total. The van der Waals surface area contributed by atoms with Crippen molar-refractivity contribution < 1.29 is 8.78 Å². The van der Waals surface area contributed by atoms with E-state index in [9.17, 15) is 8.78 Å². The number of rotatable bonds is 4. The Bertz CT molecular complexity index is 935. The number of nitrogens with zero attached hydrogens (tertiary/aromatic N) is 3. The Morgan fingerprint density at radius 2 is 1.78 bits per heavy atom. The molecule has 4 rings (SSSR count). The van der Waals surface area contributed by atoms with Gasteiger partial charge in [-0.2, -0.15) is 0 Å². The molecule has 27 heavy (non-hydrogen) atoms. The van der Waals surface area contributed by atoms with E-state index in [-0.39, 0.29) is 0 Å². The molecule has 6 heteroatoms. The van der Waals surface area contributed by atoms with Crippen molar-refractivity contribution in [2.45, 2.75) is 24.2 Å². The highest BCUT2D eigenvalue weighted by Gasteiger charge is 2.22. The molecule has 0 aliphatic carbocycles. The first-order valence-corrected chi connectivity index (χ1v) is 10.3.